The minimum absolute atomic E-state index is 0. The van der Waals surface area contributed by atoms with Crippen molar-refractivity contribution in [2.75, 3.05) is 26.2 Å². The van der Waals surface area contributed by atoms with Gasteiger partial charge in [0.2, 0.25) is 0 Å². The van der Waals surface area contributed by atoms with Gasteiger partial charge in [-0.15, -0.1) is 0 Å². The zero-order chi connectivity index (χ0) is 13.0. The molecule has 0 aromatic carbocycles. The van der Waals surface area contributed by atoms with Crippen LogP contribution in [-0.2, 0) is 0 Å². The van der Waals surface area contributed by atoms with Gasteiger partial charge in [0, 0.05) is 0 Å². The van der Waals surface area contributed by atoms with E-state index in [0.717, 1.165) is 0 Å². The van der Waals surface area contributed by atoms with Gasteiger partial charge in [-0.05, 0) is 25.7 Å². The van der Waals surface area contributed by atoms with Crippen LogP contribution >= 0.6 is 0 Å². The van der Waals surface area contributed by atoms with E-state index in [1.165, 1.54) is 82.0 Å². The topological polar surface area (TPSA) is 0 Å². The average molecular weight is 294 g/mol. The molecule has 0 atom stereocenters. The molecule has 120 valence electrons. The molecule has 0 rings (SSSR count). The second-order valence-corrected chi connectivity index (χ2v) is 5.65. The van der Waals surface area contributed by atoms with E-state index in [1.807, 2.05) is 0 Å². The molecule has 0 aromatic heterocycles. The van der Waals surface area contributed by atoms with Crippen molar-refractivity contribution in [3.05, 3.63) is 0 Å². The molecule has 0 aliphatic rings. The van der Waals surface area contributed by atoms with E-state index in [0.29, 0.717) is 0 Å². The van der Waals surface area contributed by atoms with Gasteiger partial charge in [0.15, 0.2) is 0 Å². The van der Waals surface area contributed by atoms with E-state index in [9.17, 15) is 0 Å². The maximum Gasteiger partial charge on any atom is 0.0786 e. The number of nitrogens with zero attached hydrogens (tertiary/aromatic N) is 1. The van der Waals surface area contributed by atoms with Gasteiger partial charge in [-0.2, -0.15) is 0 Å². The Morgan fingerprint density at radius 2 is 0.737 bits per heavy atom. The Hall–Kier alpha value is 0.250. The van der Waals surface area contributed by atoms with Crippen LogP contribution in [0, 0.1) is 0 Å². The molecule has 0 spiro atoms. The van der Waals surface area contributed by atoms with Gasteiger partial charge in [-0.1, -0.05) is 60.8 Å². The first-order valence-corrected chi connectivity index (χ1v) is 8.09. The van der Waals surface area contributed by atoms with Gasteiger partial charge >= 0.3 is 0 Å². The third-order valence-corrected chi connectivity index (χ3v) is 3.94. The summed E-state index contributed by atoms with van der Waals surface area (Å²) in [7, 11) is 0. The number of rotatable bonds is 12. The number of hydrogen-bond donors (Lipinski definition) is 0. The van der Waals surface area contributed by atoms with Crippen molar-refractivity contribution >= 4 is 0 Å². The third kappa shape index (κ3) is 11.8. The summed E-state index contributed by atoms with van der Waals surface area (Å²) in [6.45, 7) is 15.0. The summed E-state index contributed by atoms with van der Waals surface area (Å²) in [6, 6.07) is 0. The van der Waals surface area contributed by atoms with Crippen molar-refractivity contribution in [3.8, 4) is 0 Å². The van der Waals surface area contributed by atoms with E-state index in [2.05, 4.69) is 27.7 Å². The minimum atomic E-state index is 0. The van der Waals surface area contributed by atoms with E-state index in [1.54, 1.807) is 0 Å². The van der Waals surface area contributed by atoms with Gasteiger partial charge in [-0.3, -0.25) is 0 Å². The molecule has 0 unspecified atom stereocenters. The Bertz CT molecular complexity index is 122. The molecule has 1 nitrogen and oxygen atoms in total. The SMILES string of the molecule is C.CCCC[N+](CCCC)(CCCC)CCCC.[Cl-]. The molecule has 0 aliphatic carbocycles. The summed E-state index contributed by atoms with van der Waals surface area (Å²) in [5.41, 5.74) is 0. The molecule has 19 heavy (non-hydrogen) atoms. The first-order chi connectivity index (χ1) is 8.24. The number of halogens is 1. The van der Waals surface area contributed by atoms with Crippen LogP contribution in [0.3, 0.4) is 0 Å². The highest BCUT2D eigenvalue weighted by Gasteiger charge is 2.24. The molecule has 0 aromatic rings. The molecule has 0 heterocycles. The first-order valence-electron chi connectivity index (χ1n) is 8.09. The summed E-state index contributed by atoms with van der Waals surface area (Å²) < 4.78 is 1.42. The van der Waals surface area contributed by atoms with Crippen LogP contribution in [-0.4, -0.2) is 30.7 Å². The molecule has 0 amide bonds. The second kappa shape index (κ2) is 16.3. The second-order valence-electron chi connectivity index (χ2n) is 5.65. The van der Waals surface area contributed by atoms with Crippen molar-refractivity contribution in [3.63, 3.8) is 0 Å². The molecule has 0 saturated carbocycles. The summed E-state index contributed by atoms with van der Waals surface area (Å²) in [5.74, 6) is 0. The van der Waals surface area contributed by atoms with Gasteiger partial charge in [0.05, 0.1) is 26.2 Å². The first kappa shape index (κ1) is 24.3. The van der Waals surface area contributed by atoms with Crippen LogP contribution in [0.1, 0.15) is 86.5 Å². The summed E-state index contributed by atoms with van der Waals surface area (Å²) in [4.78, 5) is 0. The minimum Gasteiger partial charge on any atom is -1.00 e. The lowest BCUT2D eigenvalue weighted by atomic mass is 10.1. The lowest BCUT2D eigenvalue weighted by molar-refractivity contribution is -0.929. The fourth-order valence-corrected chi connectivity index (χ4v) is 2.64. The number of hydrogen-bond acceptors (Lipinski definition) is 0. The smallest absolute Gasteiger partial charge is 0.0786 e. The molecule has 0 radical (unpaired) electrons. The van der Waals surface area contributed by atoms with Crippen molar-refractivity contribution in [1.29, 1.82) is 0 Å². The molecule has 0 fully saturated rings. The molecule has 2 heteroatoms. The van der Waals surface area contributed by atoms with Crippen LogP contribution in [0.15, 0.2) is 0 Å². The van der Waals surface area contributed by atoms with E-state index in [-0.39, 0.29) is 19.8 Å². The fraction of sp³-hybridized carbons (Fsp3) is 1.00. The number of quaternary nitrogens is 1. The van der Waals surface area contributed by atoms with Gasteiger partial charge in [-0.25, -0.2) is 0 Å². The van der Waals surface area contributed by atoms with Crippen LogP contribution in [0.25, 0.3) is 0 Å². The van der Waals surface area contributed by atoms with Crippen LogP contribution in [0.2, 0.25) is 0 Å². The highest BCUT2D eigenvalue weighted by molar-refractivity contribution is 4.49. The maximum atomic E-state index is 2.33. The Balaban J connectivity index is -0.00000128. The quantitative estimate of drug-likeness (QED) is 0.485. The summed E-state index contributed by atoms with van der Waals surface area (Å²) in [6.07, 6.45) is 11.1. The van der Waals surface area contributed by atoms with E-state index < -0.39 is 0 Å². The predicted molar refractivity (Wildman–Crippen MR) is 86.1 cm³/mol. The lowest BCUT2D eigenvalue weighted by Crippen LogP contribution is -3.00. The van der Waals surface area contributed by atoms with Crippen molar-refractivity contribution in [1.82, 2.24) is 0 Å². The lowest BCUT2D eigenvalue weighted by Gasteiger charge is -2.39. The van der Waals surface area contributed by atoms with Gasteiger partial charge < -0.3 is 16.9 Å². The summed E-state index contributed by atoms with van der Waals surface area (Å²) >= 11 is 0. The highest BCUT2D eigenvalue weighted by Crippen LogP contribution is 2.16. The standard InChI is InChI=1S/C16H36N.CH4.ClH/c1-5-9-13-17(14-10-6-2,15-11-7-3)16-12-8-4;;/h5-16H2,1-4H3;1H4;1H/q+1;;/p-1. The average Bonchev–Trinajstić information content (AvgIpc) is 2.37. The maximum absolute atomic E-state index is 2.33. The largest absolute Gasteiger partial charge is 1.00 e. The fourth-order valence-electron chi connectivity index (χ4n) is 2.64. The zero-order valence-electron chi connectivity index (χ0n) is 13.3. The molecule has 0 bridgehead atoms. The molecule has 0 aliphatic heterocycles. The van der Waals surface area contributed by atoms with Crippen molar-refractivity contribution in [2.24, 2.45) is 0 Å². The molecule has 0 saturated heterocycles. The highest BCUT2D eigenvalue weighted by atomic mass is 35.5. The van der Waals surface area contributed by atoms with E-state index in [4.69, 9.17) is 0 Å². The normalized spacial score (nSPS) is 10.7. The van der Waals surface area contributed by atoms with Crippen molar-refractivity contribution in [2.45, 2.75) is 86.5 Å². The van der Waals surface area contributed by atoms with Gasteiger partial charge in [0.1, 0.15) is 0 Å². The van der Waals surface area contributed by atoms with Crippen LogP contribution in [0.4, 0.5) is 0 Å². The molecular weight excluding hydrogens is 254 g/mol. The predicted octanol–water partition coefficient (Wildman–Crippen LogP) is 2.64. The van der Waals surface area contributed by atoms with Crippen LogP contribution in [0.5, 0.6) is 0 Å². The Morgan fingerprint density at radius 3 is 0.895 bits per heavy atom. The zero-order valence-corrected chi connectivity index (χ0v) is 14.1. The van der Waals surface area contributed by atoms with Crippen molar-refractivity contribution < 1.29 is 16.9 Å². The number of unbranched alkanes of at least 4 members (excludes halogenated alkanes) is 4. The molecular formula is C17H40ClN. The van der Waals surface area contributed by atoms with E-state index >= 15 is 0 Å². The van der Waals surface area contributed by atoms with Crippen LogP contribution < -0.4 is 12.4 Å². The Kier molecular flexibility index (Phi) is 20.8. The monoisotopic (exact) mass is 293 g/mol. The molecule has 0 N–H and O–H groups in total. The third-order valence-electron chi connectivity index (χ3n) is 3.94. The Labute approximate surface area is 130 Å². The Morgan fingerprint density at radius 1 is 0.526 bits per heavy atom. The summed E-state index contributed by atoms with van der Waals surface area (Å²) in [5, 5.41) is 0. The van der Waals surface area contributed by atoms with Gasteiger partial charge in [0.25, 0.3) is 0 Å².